The maximum atomic E-state index is 15.1. The molecule has 3 aromatic heterocycles. The molecule has 0 radical (unpaired) electrons. The number of halogens is 3. The van der Waals surface area contributed by atoms with E-state index >= 15 is 4.39 Å². The summed E-state index contributed by atoms with van der Waals surface area (Å²) in [6.07, 6.45) is 5.36. The summed E-state index contributed by atoms with van der Waals surface area (Å²) in [7, 11) is 1.55. The second-order valence-electron chi connectivity index (χ2n) is 7.47. The van der Waals surface area contributed by atoms with Gasteiger partial charge in [0.05, 0.1) is 53.0 Å². The fourth-order valence-electron chi connectivity index (χ4n) is 3.55. The van der Waals surface area contributed by atoms with Gasteiger partial charge in [0.25, 0.3) is 0 Å². The molecule has 1 aliphatic carbocycles. The number of nitrogens with one attached hydrogen (secondary N) is 3. The molecule has 1 fully saturated rings. The molecule has 5 rings (SSSR count). The van der Waals surface area contributed by atoms with Crippen LogP contribution in [0.4, 0.5) is 20.3 Å². The van der Waals surface area contributed by atoms with Gasteiger partial charge in [0, 0.05) is 30.8 Å². The fraction of sp³-hybridized carbons (Fsp3) is 0.300. The minimum atomic E-state index is -1.10. The second kappa shape index (κ2) is 7.99. The van der Waals surface area contributed by atoms with Crippen molar-refractivity contribution in [2.75, 3.05) is 30.9 Å². The number of alkyl halides is 1. The van der Waals surface area contributed by atoms with Crippen molar-refractivity contribution in [3.63, 3.8) is 0 Å². The number of carbonyl (C=O) groups excluding carboxylic acids is 1. The number of aromatic nitrogens is 5. The van der Waals surface area contributed by atoms with Crippen LogP contribution in [0, 0.1) is 11.7 Å². The highest BCUT2D eigenvalue weighted by atomic mass is 35.5. The number of rotatable bonds is 7. The minimum Gasteiger partial charge on any atom is -0.383 e. The average molecular weight is 462 g/mol. The molecule has 9 nitrogen and oxygen atoms in total. The van der Waals surface area contributed by atoms with E-state index in [4.69, 9.17) is 16.3 Å². The highest BCUT2D eigenvalue weighted by molar-refractivity contribution is 6.35. The van der Waals surface area contributed by atoms with E-state index in [1.807, 2.05) is 0 Å². The Morgan fingerprint density at radius 3 is 2.97 bits per heavy atom. The predicted octanol–water partition coefficient (Wildman–Crippen LogP) is 3.42. The number of ether oxygens (including phenoxy) is 1. The van der Waals surface area contributed by atoms with Crippen LogP contribution in [0.3, 0.4) is 0 Å². The minimum absolute atomic E-state index is 0.109. The number of carbonyl (C=O) groups is 1. The lowest BCUT2D eigenvalue weighted by Crippen LogP contribution is -2.15. The number of hydrogen-bond donors (Lipinski definition) is 3. The Balaban J connectivity index is 1.52. The van der Waals surface area contributed by atoms with Crippen molar-refractivity contribution in [1.29, 1.82) is 0 Å². The third kappa shape index (κ3) is 3.53. The first-order valence-corrected chi connectivity index (χ1v) is 10.2. The quantitative estimate of drug-likeness (QED) is 0.364. The number of hydrogen-bond acceptors (Lipinski definition) is 6. The van der Waals surface area contributed by atoms with Crippen molar-refractivity contribution in [2.45, 2.75) is 12.6 Å². The average Bonchev–Trinajstić information content (AvgIpc) is 3.14. The highest BCUT2D eigenvalue weighted by Gasteiger charge is 2.43. The molecule has 2 unspecified atom stereocenters. The van der Waals surface area contributed by atoms with Gasteiger partial charge in [-0.2, -0.15) is 5.10 Å². The molecule has 166 valence electrons. The molecular formula is C20H18ClF2N7O2. The number of nitrogens with zero attached hydrogens (tertiary/aromatic N) is 4. The van der Waals surface area contributed by atoms with Gasteiger partial charge in [0.2, 0.25) is 5.91 Å². The number of aromatic amines is 1. The number of anilines is 2. The SMILES string of the molecule is COCCNc1c(F)c(Cl)c(-c2cn3cc(NC(=O)C4CC4F)nc3cn2)c2cn[nH]c12. The summed E-state index contributed by atoms with van der Waals surface area (Å²) >= 11 is 6.42. The molecular weight excluding hydrogens is 444 g/mol. The molecule has 0 spiro atoms. The Bertz CT molecular complexity index is 1340. The van der Waals surface area contributed by atoms with Gasteiger partial charge >= 0.3 is 0 Å². The highest BCUT2D eigenvalue weighted by Crippen LogP contribution is 2.40. The molecule has 2 atom stereocenters. The predicted molar refractivity (Wildman–Crippen MR) is 115 cm³/mol. The molecule has 4 aromatic rings. The van der Waals surface area contributed by atoms with E-state index in [1.165, 1.54) is 6.20 Å². The van der Waals surface area contributed by atoms with Gasteiger partial charge in [-0.1, -0.05) is 11.6 Å². The third-order valence-corrected chi connectivity index (χ3v) is 5.65. The first kappa shape index (κ1) is 20.6. The Morgan fingerprint density at radius 1 is 1.41 bits per heavy atom. The van der Waals surface area contributed by atoms with Gasteiger partial charge in [-0.25, -0.2) is 13.8 Å². The first-order valence-electron chi connectivity index (χ1n) is 9.84. The monoisotopic (exact) mass is 461 g/mol. The summed E-state index contributed by atoms with van der Waals surface area (Å²) < 4.78 is 34.9. The first-order chi connectivity index (χ1) is 15.5. The smallest absolute Gasteiger partial charge is 0.231 e. The number of amides is 1. The molecule has 1 amide bonds. The van der Waals surface area contributed by atoms with E-state index in [1.54, 1.807) is 30.1 Å². The normalized spacial score (nSPS) is 17.8. The molecule has 0 bridgehead atoms. The Labute approximate surface area is 185 Å². The zero-order valence-corrected chi connectivity index (χ0v) is 17.6. The largest absolute Gasteiger partial charge is 0.383 e. The molecule has 1 aliphatic rings. The van der Waals surface area contributed by atoms with Crippen LogP contribution in [0.2, 0.25) is 5.02 Å². The maximum absolute atomic E-state index is 15.1. The fourth-order valence-corrected chi connectivity index (χ4v) is 3.84. The van der Waals surface area contributed by atoms with Gasteiger partial charge in [-0.05, 0) is 6.42 Å². The second-order valence-corrected chi connectivity index (χ2v) is 7.85. The molecule has 0 aliphatic heterocycles. The standard InChI is InChI=1S/C20H18ClF2N7O2/c1-32-3-2-24-19-17(23)16(21)15(10-5-26-29-18(10)19)12-7-30-8-13(27-14(30)6-25-12)28-20(31)9-4-11(9)22/h5-9,11,24H,2-4H2,1H3,(H,26,29)(H,28,31). The van der Waals surface area contributed by atoms with Crippen LogP contribution in [-0.4, -0.2) is 56.9 Å². The lowest BCUT2D eigenvalue weighted by molar-refractivity contribution is -0.117. The van der Waals surface area contributed by atoms with E-state index in [9.17, 15) is 9.18 Å². The number of methoxy groups -OCH3 is 1. The molecule has 1 saturated carbocycles. The molecule has 0 saturated heterocycles. The Hall–Kier alpha value is -3.31. The number of benzene rings is 1. The summed E-state index contributed by atoms with van der Waals surface area (Å²) in [6, 6.07) is 0. The van der Waals surface area contributed by atoms with Gasteiger partial charge in [-0.3, -0.25) is 14.9 Å². The number of imidazole rings is 1. The van der Waals surface area contributed by atoms with E-state index in [0.717, 1.165) is 0 Å². The molecule has 3 heterocycles. The summed E-state index contributed by atoms with van der Waals surface area (Å²) in [5.41, 5.74) is 1.85. The maximum Gasteiger partial charge on any atom is 0.231 e. The molecule has 32 heavy (non-hydrogen) atoms. The van der Waals surface area contributed by atoms with Crippen LogP contribution in [0.25, 0.3) is 27.8 Å². The van der Waals surface area contributed by atoms with Gasteiger partial charge in [0.1, 0.15) is 6.17 Å². The van der Waals surface area contributed by atoms with Crippen LogP contribution in [0.5, 0.6) is 0 Å². The molecule has 1 aromatic carbocycles. The third-order valence-electron chi connectivity index (χ3n) is 5.30. The number of fused-ring (bicyclic) bond motifs is 2. The molecule has 12 heteroatoms. The van der Waals surface area contributed by atoms with Crippen LogP contribution < -0.4 is 10.6 Å². The van der Waals surface area contributed by atoms with Crippen molar-refractivity contribution in [2.24, 2.45) is 5.92 Å². The van der Waals surface area contributed by atoms with E-state index in [-0.39, 0.29) is 22.9 Å². The van der Waals surface area contributed by atoms with Crippen molar-refractivity contribution in [3.8, 4) is 11.3 Å². The lowest BCUT2D eigenvalue weighted by atomic mass is 10.1. The van der Waals surface area contributed by atoms with Crippen molar-refractivity contribution in [1.82, 2.24) is 24.6 Å². The van der Waals surface area contributed by atoms with Crippen molar-refractivity contribution in [3.05, 3.63) is 35.6 Å². The summed E-state index contributed by atoms with van der Waals surface area (Å²) in [5.74, 6) is -1.40. The van der Waals surface area contributed by atoms with Crippen LogP contribution in [0.15, 0.2) is 24.8 Å². The zero-order chi connectivity index (χ0) is 22.4. The topological polar surface area (TPSA) is 109 Å². The van der Waals surface area contributed by atoms with Crippen LogP contribution in [-0.2, 0) is 9.53 Å². The van der Waals surface area contributed by atoms with E-state index in [0.29, 0.717) is 41.0 Å². The van der Waals surface area contributed by atoms with Crippen LogP contribution >= 0.6 is 11.6 Å². The van der Waals surface area contributed by atoms with Crippen molar-refractivity contribution >= 4 is 45.6 Å². The van der Waals surface area contributed by atoms with Crippen molar-refractivity contribution < 1.29 is 18.3 Å². The Kier molecular flexibility index (Phi) is 5.14. The zero-order valence-electron chi connectivity index (χ0n) is 16.8. The molecule has 3 N–H and O–H groups in total. The van der Waals surface area contributed by atoms with E-state index < -0.39 is 23.8 Å². The van der Waals surface area contributed by atoms with Gasteiger partial charge < -0.3 is 19.8 Å². The summed E-state index contributed by atoms with van der Waals surface area (Å²) in [6.45, 7) is 0.772. The Morgan fingerprint density at radius 2 is 2.22 bits per heavy atom. The lowest BCUT2D eigenvalue weighted by Gasteiger charge is -2.13. The number of H-pyrrole nitrogens is 1. The summed E-state index contributed by atoms with van der Waals surface area (Å²) in [5, 5.41) is 12.9. The van der Waals surface area contributed by atoms with Gasteiger partial charge in [-0.15, -0.1) is 0 Å². The van der Waals surface area contributed by atoms with Crippen LogP contribution in [0.1, 0.15) is 6.42 Å². The van der Waals surface area contributed by atoms with Gasteiger partial charge in [0.15, 0.2) is 17.3 Å². The van der Waals surface area contributed by atoms with E-state index in [2.05, 4.69) is 30.8 Å². The summed E-state index contributed by atoms with van der Waals surface area (Å²) in [4.78, 5) is 20.6.